The van der Waals surface area contributed by atoms with Crippen LogP contribution in [0.1, 0.15) is 23.5 Å². The molecular weight excluding hydrogens is 296 g/mol. The summed E-state index contributed by atoms with van der Waals surface area (Å²) in [4.78, 5) is 5.66. The van der Waals surface area contributed by atoms with Gasteiger partial charge in [-0.05, 0) is 26.0 Å². The Hall–Kier alpha value is -1.30. The second kappa shape index (κ2) is 5.24. The molecule has 1 unspecified atom stereocenters. The number of aromatic nitrogens is 1. The van der Waals surface area contributed by atoms with Gasteiger partial charge in [0, 0.05) is 16.5 Å². The highest BCUT2D eigenvalue weighted by Crippen LogP contribution is 2.42. The average Bonchev–Trinajstić information content (AvgIpc) is 2.81. The number of nitrogens with two attached hydrogens (primary N) is 1. The van der Waals surface area contributed by atoms with E-state index in [1.807, 2.05) is 26.0 Å². The standard InChI is InChI=1S/C14H15ClN2O2S/c1-7(16)13-8(2)17-14(20-13)9-5-10(15)12-11(6-9)18-3-4-19-12/h5-7H,3-4,16H2,1-2H3. The zero-order valence-corrected chi connectivity index (χ0v) is 12.8. The van der Waals surface area contributed by atoms with Crippen molar-refractivity contribution in [1.82, 2.24) is 4.98 Å². The summed E-state index contributed by atoms with van der Waals surface area (Å²) in [5, 5.41) is 1.45. The van der Waals surface area contributed by atoms with Crippen molar-refractivity contribution >= 4 is 22.9 Å². The van der Waals surface area contributed by atoms with Gasteiger partial charge in [-0.2, -0.15) is 0 Å². The highest BCUT2D eigenvalue weighted by Gasteiger charge is 2.19. The Kier molecular flexibility index (Phi) is 3.58. The van der Waals surface area contributed by atoms with Gasteiger partial charge in [0.2, 0.25) is 0 Å². The van der Waals surface area contributed by atoms with Crippen molar-refractivity contribution in [3.8, 4) is 22.1 Å². The fraction of sp³-hybridized carbons (Fsp3) is 0.357. The molecule has 1 aliphatic rings. The highest BCUT2D eigenvalue weighted by molar-refractivity contribution is 7.15. The highest BCUT2D eigenvalue weighted by atomic mass is 35.5. The van der Waals surface area contributed by atoms with Gasteiger partial charge in [-0.25, -0.2) is 4.98 Å². The van der Waals surface area contributed by atoms with Crippen molar-refractivity contribution in [2.45, 2.75) is 19.9 Å². The molecular formula is C14H15ClN2O2S. The Morgan fingerprint density at radius 1 is 1.35 bits per heavy atom. The number of nitrogens with zero attached hydrogens (tertiary/aromatic N) is 1. The molecule has 2 N–H and O–H groups in total. The van der Waals surface area contributed by atoms with Crippen LogP contribution in [0, 0.1) is 6.92 Å². The van der Waals surface area contributed by atoms with Crippen LogP contribution in [0.2, 0.25) is 5.02 Å². The zero-order chi connectivity index (χ0) is 14.3. The third kappa shape index (κ3) is 2.37. The summed E-state index contributed by atoms with van der Waals surface area (Å²) in [7, 11) is 0. The van der Waals surface area contributed by atoms with Gasteiger partial charge in [-0.15, -0.1) is 11.3 Å². The van der Waals surface area contributed by atoms with Crippen molar-refractivity contribution < 1.29 is 9.47 Å². The Morgan fingerprint density at radius 3 is 2.80 bits per heavy atom. The molecule has 0 saturated carbocycles. The molecule has 1 aromatic carbocycles. The summed E-state index contributed by atoms with van der Waals surface area (Å²) in [6.07, 6.45) is 0. The van der Waals surface area contributed by atoms with Crippen LogP contribution >= 0.6 is 22.9 Å². The molecule has 106 valence electrons. The van der Waals surface area contributed by atoms with Crippen LogP contribution in [0.3, 0.4) is 0 Å². The monoisotopic (exact) mass is 310 g/mol. The number of hydrogen-bond acceptors (Lipinski definition) is 5. The van der Waals surface area contributed by atoms with E-state index in [2.05, 4.69) is 4.98 Å². The van der Waals surface area contributed by atoms with Crippen molar-refractivity contribution in [2.24, 2.45) is 5.73 Å². The predicted molar refractivity (Wildman–Crippen MR) is 80.9 cm³/mol. The van der Waals surface area contributed by atoms with Crippen LogP contribution in [0.15, 0.2) is 12.1 Å². The van der Waals surface area contributed by atoms with Crippen molar-refractivity contribution in [1.29, 1.82) is 0 Å². The first-order valence-corrected chi connectivity index (χ1v) is 7.58. The van der Waals surface area contributed by atoms with Crippen LogP contribution in [-0.4, -0.2) is 18.2 Å². The van der Waals surface area contributed by atoms with Gasteiger partial charge in [0.1, 0.15) is 18.2 Å². The minimum Gasteiger partial charge on any atom is -0.486 e. The van der Waals surface area contributed by atoms with Crippen LogP contribution in [0.25, 0.3) is 10.6 Å². The molecule has 6 heteroatoms. The number of halogens is 1. The predicted octanol–water partition coefficient (Wildman–Crippen LogP) is 3.56. The van der Waals surface area contributed by atoms with Crippen molar-refractivity contribution in [2.75, 3.05) is 13.2 Å². The van der Waals surface area contributed by atoms with Crippen LogP contribution in [0.4, 0.5) is 0 Å². The van der Waals surface area contributed by atoms with E-state index < -0.39 is 0 Å². The molecule has 1 atom stereocenters. The molecule has 1 aliphatic heterocycles. The second-order valence-electron chi connectivity index (χ2n) is 4.74. The minimum absolute atomic E-state index is 0.0195. The molecule has 0 aliphatic carbocycles. The summed E-state index contributed by atoms with van der Waals surface area (Å²) in [6, 6.07) is 3.76. The van der Waals surface area contributed by atoms with E-state index in [-0.39, 0.29) is 6.04 Å². The molecule has 20 heavy (non-hydrogen) atoms. The first-order valence-electron chi connectivity index (χ1n) is 6.38. The smallest absolute Gasteiger partial charge is 0.179 e. The molecule has 3 rings (SSSR count). The number of fused-ring (bicyclic) bond motifs is 1. The second-order valence-corrected chi connectivity index (χ2v) is 6.18. The van der Waals surface area contributed by atoms with Gasteiger partial charge in [0.25, 0.3) is 0 Å². The Morgan fingerprint density at radius 2 is 2.10 bits per heavy atom. The number of aryl methyl sites for hydroxylation is 1. The topological polar surface area (TPSA) is 57.4 Å². The van der Waals surface area contributed by atoms with E-state index in [9.17, 15) is 0 Å². The lowest BCUT2D eigenvalue weighted by Gasteiger charge is -2.19. The maximum absolute atomic E-state index is 6.25. The fourth-order valence-electron chi connectivity index (χ4n) is 2.19. The van der Waals surface area contributed by atoms with E-state index >= 15 is 0 Å². The molecule has 4 nitrogen and oxygen atoms in total. The van der Waals surface area contributed by atoms with E-state index in [0.29, 0.717) is 29.7 Å². The first-order chi connectivity index (χ1) is 9.56. The fourth-order valence-corrected chi connectivity index (χ4v) is 3.46. The van der Waals surface area contributed by atoms with Gasteiger partial charge < -0.3 is 15.2 Å². The van der Waals surface area contributed by atoms with Crippen LogP contribution in [0.5, 0.6) is 11.5 Å². The van der Waals surface area contributed by atoms with Gasteiger partial charge >= 0.3 is 0 Å². The summed E-state index contributed by atoms with van der Waals surface area (Å²) in [5.74, 6) is 1.29. The zero-order valence-electron chi connectivity index (χ0n) is 11.3. The molecule has 0 spiro atoms. The number of benzene rings is 1. The number of ether oxygens (including phenoxy) is 2. The Bertz CT molecular complexity index is 655. The van der Waals surface area contributed by atoms with Gasteiger partial charge in [-0.1, -0.05) is 11.6 Å². The lowest BCUT2D eigenvalue weighted by molar-refractivity contribution is 0.172. The molecule has 1 aromatic heterocycles. The maximum atomic E-state index is 6.25. The van der Waals surface area contributed by atoms with E-state index in [1.54, 1.807) is 11.3 Å². The third-order valence-corrected chi connectivity index (χ3v) is 4.78. The molecule has 0 bridgehead atoms. The van der Waals surface area contributed by atoms with Gasteiger partial charge in [0.05, 0.1) is 10.7 Å². The Balaban J connectivity index is 2.06. The first kappa shape index (κ1) is 13.7. The maximum Gasteiger partial charge on any atom is 0.179 e. The Labute approximate surface area is 126 Å². The summed E-state index contributed by atoms with van der Waals surface area (Å²) in [6.45, 7) is 4.99. The SMILES string of the molecule is Cc1nc(-c2cc(Cl)c3c(c2)OCCO3)sc1C(C)N. The van der Waals surface area contributed by atoms with Crippen LogP contribution < -0.4 is 15.2 Å². The normalized spacial score (nSPS) is 15.2. The van der Waals surface area contributed by atoms with Gasteiger partial charge in [0.15, 0.2) is 11.5 Å². The number of hydrogen-bond donors (Lipinski definition) is 1. The molecule has 2 aromatic rings. The number of rotatable bonds is 2. The molecule has 0 amide bonds. The lowest BCUT2D eigenvalue weighted by atomic mass is 10.2. The minimum atomic E-state index is -0.0195. The van der Waals surface area contributed by atoms with E-state index in [1.165, 1.54) is 0 Å². The van der Waals surface area contributed by atoms with E-state index in [0.717, 1.165) is 21.1 Å². The largest absolute Gasteiger partial charge is 0.486 e. The summed E-state index contributed by atoms with van der Waals surface area (Å²) >= 11 is 7.84. The molecule has 0 fully saturated rings. The van der Waals surface area contributed by atoms with Crippen molar-refractivity contribution in [3.63, 3.8) is 0 Å². The van der Waals surface area contributed by atoms with Crippen LogP contribution in [-0.2, 0) is 0 Å². The molecule has 0 radical (unpaired) electrons. The summed E-state index contributed by atoms with van der Waals surface area (Å²) in [5.41, 5.74) is 7.84. The van der Waals surface area contributed by atoms with Gasteiger partial charge in [-0.3, -0.25) is 0 Å². The lowest BCUT2D eigenvalue weighted by Crippen LogP contribution is -2.15. The van der Waals surface area contributed by atoms with Crippen molar-refractivity contribution in [3.05, 3.63) is 27.7 Å². The molecule has 2 heterocycles. The van der Waals surface area contributed by atoms with E-state index in [4.69, 9.17) is 26.8 Å². The number of thiazole rings is 1. The quantitative estimate of drug-likeness (QED) is 0.921. The average molecular weight is 311 g/mol. The summed E-state index contributed by atoms with van der Waals surface area (Å²) < 4.78 is 11.1. The third-order valence-electron chi connectivity index (χ3n) is 3.09. The molecule has 0 saturated heterocycles.